The third-order valence-electron chi connectivity index (χ3n) is 5.02. The molecule has 188 valence electrons. The van der Waals surface area contributed by atoms with E-state index in [-0.39, 0.29) is 30.0 Å². The smallest absolute Gasteiger partial charge is 0.328 e. The number of nitrogens with two attached hydrogens (primary N) is 1. The maximum Gasteiger partial charge on any atom is 0.328 e. The Hall–Kier alpha value is -2.73. The highest BCUT2D eigenvalue weighted by Gasteiger charge is 2.31. The number of halogens is 1. The van der Waals surface area contributed by atoms with E-state index >= 15 is 0 Å². The number of carbonyl (C=O) groups excluding carboxylic acids is 4. The summed E-state index contributed by atoms with van der Waals surface area (Å²) in [6.45, 7) is 0. The Kier molecular flexibility index (Phi) is 10.9. The van der Waals surface area contributed by atoms with Gasteiger partial charge in [-0.05, 0) is 48.1 Å². The zero-order chi connectivity index (χ0) is 24.7. The maximum atomic E-state index is 12.1. The first-order chi connectivity index (χ1) is 16.3. The molecule has 3 atom stereocenters. The van der Waals surface area contributed by atoms with E-state index in [1.165, 1.54) is 18.9 Å². The van der Waals surface area contributed by atoms with Crippen LogP contribution in [0.25, 0.3) is 0 Å². The minimum Gasteiger partial charge on any atom is -0.467 e. The molecular weight excluding hydrogens is 514 g/mol. The molecule has 4 N–H and O–H groups in total. The molecule has 12 heteroatoms. The van der Waals surface area contributed by atoms with Crippen LogP contribution in [-0.4, -0.2) is 53.1 Å². The molecule has 1 heterocycles. The number of thioether (sulfide) groups is 2. The fourth-order valence-corrected chi connectivity index (χ4v) is 4.34. The van der Waals surface area contributed by atoms with Gasteiger partial charge in [0.05, 0.1) is 12.4 Å². The van der Waals surface area contributed by atoms with Crippen molar-refractivity contribution < 1.29 is 28.7 Å². The Morgan fingerprint density at radius 3 is 2.14 bits per heavy atom. The summed E-state index contributed by atoms with van der Waals surface area (Å²) >= 11 is 2.18. The number of hydrogen-bond acceptors (Lipinski definition) is 9. The molecule has 3 amide bonds. The topological polar surface area (TPSA) is 137 Å². The molecule has 1 aliphatic heterocycles. The third kappa shape index (κ3) is 8.17. The highest BCUT2D eigenvalue weighted by Crippen LogP contribution is 2.26. The number of ether oxygens (including phenoxy) is 2. The minimum atomic E-state index is -0.856. The van der Waals surface area contributed by atoms with E-state index in [2.05, 4.69) is 10.6 Å². The van der Waals surface area contributed by atoms with Crippen molar-refractivity contribution in [2.75, 3.05) is 13.4 Å². The van der Waals surface area contributed by atoms with Crippen molar-refractivity contribution in [2.24, 2.45) is 5.73 Å². The summed E-state index contributed by atoms with van der Waals surface area (Å²) in [5.41, 5.74) is 7.43. The normalized spacial score (nSPS) is 16.5. The summed E-state index contributed by atoms with van der Waals surface area (Å²) in [6, 6.07) is 13.6. The van der Waals surface area contributed by atoms with Crippen LogP contribution in [0, 0.1) is 0 Å². The molecule has 3 rings (SSSR count). The molecule has 35 heavy (non-hydrogen) atoms. The van der Waals surface area contributed by atoms with E-state index in [1.54, 1.807) is 42.7 Å². The molecule has 1 fully saturated rings. The van der Waals surface area contributed by atoms with Crippen LogP contribution in [0.1, 0.15) is 11.1 Å². The number of rotatable bonds is 10. The molecule has 0 bridgehead atoms. The molecule has 0 radical (unpaired) electrons. The third-order valence-corrected chi connectivity index (χ3v) is 6.73. The fourth-order valence-electron chi connectivity index (χ4n) is 3.20. The predicted octanol–water partition coefficient (Wildman–Crippen LogP) is 2.64. The van der Waals surface area contributed by atoms with Crippen LogP contribution in [0.5, 0.6) is 11.5 Å². The lowest BCUT2D eigenvalue weighted by Crippen LogP contribution is -2.48. The summed E-state index contributed by atoms with van der Waals surface area (Å²) in [4.78, 5) is 47.2. The van der Waals surface area contributed by atoms with Crippen molar-refractivity contribution in [1.82, 2.24) is 10.6 Å². The number of esters is 1. The number of amides is 3. The van der Waals surface area contributed by atoms with Crippen LogP contribution in [0.4, 0.5) is 4.79 Å². The van der Waals surface area contributed by atoms with Gasteiger partial charge in [-0.15, -0.1) is 24.2 Å². The van der Waals surface area contributed by atoms with Crippen LogP contribution in [0.2, 0.25) is 0 Å². The van der Waals surface area contributed by atoms with Gasteiger partial charge in [-0.25, -0.2) is 4.79 Å². The largest absolute Gasteiger partial charge is 0.467 e. The van der Waals surface area contributed by atoms with Crippen molar-refractivity contribution in [3.05, 3.63) is 59.7 Å². The lowest BCUT2D eigenvalue weighted by molar-refractivity contribution is -0.145. The van der Waals surface area contributed by atoms with Crippen molar-refractivity contribution in [3.63, 3.8) is 0 Å². The van der Waals surface area contributed by atoms with Crippen molar-refractivity contribution >= 4 is 59.0 Å². The molecule has 0 saturated carbocycles. The molecule has 3 unspecified atom stereocenters. The van der Waals surface area contributed by atoms with Crippen LogP contribution in [0.3, 0.4) is 0 Å². The summed E-state index contributed by atoms with van der Waals surface area (Å²) in [7, 11) is 1.26. The summed E-state index contributed by atoms with van der Waals surface area (Å²) in [5.74, 6) is -0.0563. The highest BCUT2D eigenvalue weighted by atomic mass is 35.5. The first kappa shape index (κ1) is 28.5. The second-order valence-electron chi connectivity index (χ2n) is 7.42. The monoisotopic (exact) mass is 539 g/mol. The van der Waals surface area contributed by atoms with Gasteiger partial charge in [-0.3, -0.25) is 19.7 Å². The molecule has 0 spiro atoms. The number of imide groups is 1. The molecule has 2 aromatic rings. The molecular formula is C23H26ClN3O6S2. The van der Waals surface area contributed by atoms with E-state index < -0.39 is 28.5 Å². The summed E-state index contributed by atoms with van der Waals surface area (Å²) in [5, 5.41) is 3.40. The quantitative estimate of drug-likeness (QED) is 0.307. The average Bonchev–Trinajstić information content (AvgIpc) is 3.16. The first-order valence-corrected chi connectivity index (χ1v) is 12.5. The van der Waals surface area contributed by atoms with Gasteiger partial charge in [0, 0.05) is 6.42 Å². The SMILES string of the molecule is COC(=O)C(Cc1ccc(Oc2ccc(CC3SC(=O)NC3=O)cc2)cc1)NC(=O)C(N)SC.Cl. The van der Waals surface area contributed by atoms with Crippen molar-refractivity contribution in [3.8, 4) is 11.5 Å². The Morgan fingerprint density at radius 2 is 1.66 bits per heavy atom. The molecule has 0 aliphatic carbocycles. The van der Waals surface area contributed by atoms with E-state index in [0.717, 1.165) is 22.9 Å². The minimum absolute atomic E-state index is 0. The van der Waals surface area contributed by atoms with Gasteiger partial charge in [-0.1, -0.05) is 36.0 Å². The molecule has 0 aromatic heterocycles. The highest BCUT2D eigenvalue weighted by molar-refractivity contribution is 8.15. The van der Waals surface area contributed by atoms with Crippen LogP contribution in [-0.2, 0) is 32.0 Å². The van der Waals surface area contributed by atoms with Gasteiger partial charge in [0.15, 0.2) is 0 Å². The van der Waals surface area contributed by atoms with Crippen LogP contribution >= 0.6 is 35.9 Å². The number of hydrogen-bond donors (Lipinski definition) is 3. The van der Waals surface area contributed by atoms with E-state index in [4.69, 9.17) is 15.2 Å². The van der Waals surface area contributed by atoms with E-state index in [1.807, 2.05) is 12.1 Å². The molecule has 1 aliphatic rings. The van der Waals surface area contributed by atoms with Crippen LogP contribution < -0.4 is 21.1 Å². The van der Waals surface area contributed by atoms with Gasteiger partial charge >= 0.3 is 5.97 Å². The summed E-state index contributed by atoms with van der Waals surface area (Å²) in [6.07, 6.45) is 2.40. The Balaban J connectivity index is 0.00000432. The van der Waals surface area contributed by atoms with E-state index in [0.29, 0.717) is 17.9 Å². The van der Waals surface area contributed by atoms with Crippen molar-refractivity contribution in [1.29, 1.82) is 0 Å². The second-order valence-corrected chi connectivity index (χ2v) is 9.58. The molecule has 1 saturated heterocycles. The Morgan fingerprint density at radius 1 is 1.09 bits per heavy atom. The molecule has 9 nitrogen and oxygen atoms in total. The maximum absolute atomic E-state index is 12.1. The van der Waals surface area contributed by atoms with Crippen LogP contribution in [0.15, 0.2) is 48.5 Å². The Labute approximate surface area is 217 Å². The van der Waals surface area contributed by atoms with E-state index in [9.17, 15) is 19.2 Å². The number of carbonyl (C=O) groups is 4. The van der Waals surface area contributed by atoms with Gasteiger partial charge in [-0.2, -0.15) is 0 Å². The number of benzene rings is 2. The Bertz CT molecular complexity index is 1050. The van der Waals surface area contributed by atoms with Crippen molar-refractivity contribution in [2.45, 2.75) is 29.5 Å². The van der Waals surface area contributed by atoms with Gasteiger partial charge in [0.1, 0.15) is 22.9 Å². The number of methoxy groups -OCH3 is 1. The predicted molar refractivity (Wildman–Crippen MR) is 138 cm³/mol. The lowest BCUT2D eigenvalue weighted by Gasteiger charge is -2.18. The number of nitrogens with one attached hydrogen (secondary N) is 2. The first-order valence-electron chi connectivity index (χ1n) is 10.3. The fraction of sp³-hybridized carbons (Fsp3) is 0.304. The standard InChI is InChI=1S/C23H25N3O6S2.ClH/c1-31-22(29)17(25-21(28)19(24)33-2)11-13-3-7-15(8-4-13)32-16-9-5-14(6-10-16)12-18-20(27)26-23(30)34-18;/h3-10,17-19H,11-12,24H2,1-2H3,(H,25,28)(H,26,27,30);1H. The average molecular weight is 540 g/mol. The van der Waals surface area contributed by atoms with Gasteiger partial charge in [0.25, 0.3) is 5.24 Å². The van der Waals surface area contributed by atoms with Gasteiger partial charge < -0.3 is 20.5 Å². The lowest BCUT2D eigenvalue weighted by atomic mass is 10.1. The summed E-state index contributed by atoms with van der Waals surface area (Å²) < 4.78 is 10.7. The van der Waals surface area contributed by atoms with Gasteiger partial charge in [0.2, 0.25) is 11.8 Å². The zero-order valence-electron chi connectivity index (χ0n) is 19.0. The molecule has 2 aromatic carbocycles. The zero-order valence-corrected chi connectivity index (χ0v) is 21.5. The second kappa shape index (κ2) is 13.4.